The second kappa shape index (κ2) is 5.90. The number of hydrogen-bond donors (Lipinski definition) is 1. The van der Waals surface area contributed by atoms with Crippen LogP contribution in [0.15, 0.2) is 42.5 Å². The zero-order chi connectivity index (χ0) is 14.8. The van der Waals surface area contributed by atoms with Gasteiger partial charge >= 0.3 is 0 Å². The predicted molar refractivity (Wildman–Crippen MR) is 88.8 cm³/mol. The van der Waals surface area contributed by atoms with E-state index in [2.05, 4.69) is 61.6 Å². The Hall–Kier alpha value is -1.80. The molecule has 110 valence electrons. The minimum absolute atomic E-state index is 0.344. The summed E-state index contributed by atoms with van der Waals surface area (Å²) in [6.45, 7) is 5.18. The summed E-state index contributed by atoms with van der Waals surface area (Å²) in [7, 11) is 1.76. The van der Waals surface area contributed by atoms with Crippen LogP contribution >= 0.6 is 0 Å². The summed E-state index contributed by atoms with van der Waals surface area (Å²) < 4.78 is 5.32. The van der Waals surface area contributed by atoms with Crippen LogP contribution in [-0.2, 0) is 11.2 Å². The second-order valence-corrected chi connectivity index (χ2v) is 6.16. The first-order chi connectivity index (χ1) is 10.2. The molecule has 21 heavy (non-hydrogen) atoms. The highest BCUT2D eigenvalue weighted by atomic mass is 16.5. The molecule has 0 saturated carbocycles. The van der Waals surface area contributed by atoms with Crippen LogP contribution in [0.3, 0.4) is 0 Å². The number of nitrogens with one attached hydrogen (secondary N) is 1. The molecule has 2 heteroatoms. The Kier molecular flexibility index (Phi) is 3.98. The van der Waals surface area contributed by atoms with Crippen molar-refractivity contribution in [3.8, 4) is 11.1 Å². The van der Waals surface area contributed by atoms with Gasteiger partial charge in [-0.05, 0) is 46.7 Å². The second-order valence-electron chi connectivity index (χ2n) is 6.16. The molecule has 0 aromatic heterocycles. The Morgan fingerprint density at radius 3 is 2.57 bits per heavy atom. The highest BCUT2D eigenvalue weighted by molar-refractivity contribution is 5.78. The number of hydrogen-bond acceptors (Lipinski definition) is 2. The lowest BCUT2D eigenvalue weighted by Crippen LogP contribution is -2.30. The first-order valence-corrected chi connectivity index (χ1v) is 7.65. The zero-order valence-electron chi connectivity index (χ0n) is 13.0. The molecule has 1 aliphatic rings. The summed E-state index contributed by atoms with van der Waals surface area (Å²) >= 11 is 0. The van der Waals surface area contributed by atoms with Crippen LogP contribution in [0, 0.1) is 5.92 Å². The lowest BCUT2D eigenvalue weighted by atomic mass is 10.0. The molecule has 0 spiro atoms. The third kappa shape index (κ3) is 2.81. The number of benzene rings is 2. The molecule has 1 unspecified atom stereocenters. The van der Waals surface area contributed by atoms with Crippen LogP contribution < -0.4 is 5.32 Å². The highest BCUT2D eigenvalue weighted by Gasteiger charge is 2.19. The van der Waals surface area contributed by atoms with E-state index in [-0.39, 0.29) is 0 Å². The monoisotopic (exact) mass is 281 g/mol. The van der Waals surface area contributed by atoms with Crippen molar-refractivity contribution >= 4 is 5.69 Å². The fourth-order valence-electron chi connectivity index (χ4n) is 3.03. The third-order valence-corrected chi connectivity index (χ3v) is 4.30. The molecule has 1 N–H and O–H groups in total. The molecule has 0 amide bonds. The summed E-state index contributed by atoms with van der Waals surface area (Å²) in [4.78, 5) is 0. The van der Waals surface area contributed by atoms with Gasteiger partial charge < -0.3 is 10.1 Å². The van der Waals surface area contributed by atoms with Crippen LogP contribution in [0.5, 0.6) is 0 Å². The molecule has 2 aromatic carbocycles. The van der Waals surface area contributed by atoms with E-state index in [0.717, 1.165) is 13.0 Å². The lowest BCUT2D eigenvalue weighted by Gasteiger charge is -2.23. The zero-order valence-corrected chi connectivity index (χ0v) is 13.0. The van der Waals surface area contributed by atoms with Crippen molar-refractivity contribution in [1.29, 1.82) is 0 Å². The average Bonchev–Trinajstić information content (AvgIpc) is 2.84. The predicted octanol–water partition coefficient (Wildman–Crippen LogP) is 4.34. The molecule has 0 aliphatic heterocycles. The molecule has 0 fully saturated rings. The molecular formula is C19H23NO. The van der Waals surface area contributed by atoms with Gasteiger partial charge in [-0.25, -0.2) is 0 Å². The summed E-state index contributed by atoms with van der Waals surface area (Å²) in [5, 5.41) is 3.61. The Balaban J connectivity index is 1.83. The minimum Gasteiger partial charge on any atom is -0.383 e. The number of anilines is 1. The van der Waals surface area contributed by atoms with Gasteiger partial charge in [-0.15, -0.1) is 0 Å². The van der Waals surface area contributed by atoms with Crippen molar-refractivity contribution in [2.45, 2.75) is 26.3 Å². The fourth-order valence-corrected chi connectivity index (χ4v) is 3.03. The number of fused-ring (bicyclic) bond motifs is 3. The van der Waals surface area contributed by atoms with Crippen LogP contribution in [0.2, 0.25) is 0 Å². The quantitative estimate of drug-likeness (QED) is 0.751. The molecule has 2 nitrogen and oxygen atoms in total. The van der Waals surface area contributed by atoms with Crippen LogP contribution in [0.1, 0.15) is 25.0 Å². The van der Waals surface area contributed by atoms with E-state index in [9.17, 15) is 0 Å². The van der Waals surface area contributed by atoms with Crippen molar-refractivity contribution in [2.75, 3.05) is 19.0 Å². The number of rotatable bonds is 5. The fraction of sp³-hybridized carbons (Fsp3) is 0.368. The van der Waals surface area contributed by atoms with E-state index in [0.29, 0.717) is 12.0 Å². The SMILES string of the molecule is COCC(Nc1ccc2c(c1)Cc1ccccc1-2)C(C)C. The summed E-state index contributed by atoms with van der Waals surface area (Å²) in [6.07, 6.45) is 1.04. The van der Waals surface area contributed by atoms with Crippen molar-refractivity contribution in [3.63, 3.8) is 0 Å². The van der Waals surface area contributed by atoms with E-state index < -0.39 is 0 Å². The Labute approximate surface area is 127 Å². The Morgan fingerprint density at radius 1 is 1.05 bits per heavy atom. The van der Waals surface area contributed by atoms with Gasteiger partial charge in [0.15, 0.2) is 0 Å². The van der Waals surface area contributed by atoms with E-state index in [4.69, 9.17) is 4.74 Å². The third-order valence-electron chi connectivity index (χ3n) is 4.30. The molecule has 1 atom stereocenters. The summed E-state index contributed by atoms with van der Waals surface area (Å²) in [5.41, 5.74) is 6.81. The van der Waals surface area contributed by atoms with E-state index in [1.807, 2.05) is 0 Å². The first-order valence-electron chi connectivity index (χ1n) is 7.65. The van der Waals surface area contributed by atoms with Crippen LogP contribution in [0.25, 0.3) is 11.1 Å². The number of ether oxygens (including phenoxy) is 1. The highest BCUT2D eigenvalue weighted by Crippen LogP contribution is 2.37. The smallest absolute Gasteiger partial charge is 0.0666 e. The van der Waals surface area contributed by atoms with Crippen molar-refractivity contribution < 1.29 is 4.74 Å². The van der Waals surface area contributed by atoms with Gasteiger partial charge in [-0.2, -0.15) is 0 Å². The largest absolute Gasteiger partial charge is 0.383 e. The van der Waals surface area contributed by atoms with Crippen LogP contribution in [-0.4, -0.2) is 19.8 Å². The molecular weight excluding hydrogens is 258 g/mol. The molecule has 3 rings (SSSR count). The molecule has 0 radical (unpaired) electrons. The van der Waals surface area contributed by atoms with Gasteiger partial charge in [0.05, 0.1) is 12.6 Å². The van der Waals surface area contributed by atoms with Gasteiger partial charge in [-0.3, -0.25) is 0 Å². The molecule has 0 bridgehead atoms. The van der Waals surface area contributed by atoms with Crippen LogP contribution in [0.4, 0.5) is 5.69 Å². The number of methoxy groups -OCH3 is 1. The van der Waals surface area contributed by atoms with Gasteiger partial charge in [0, 0.05) is 12.8 Å². The molecule has 0 heterocycles. The topological polar surface area (TPSA) is 21.3 Å². The Morgan fingerprint density at radius 2 is 1.81 bits per heavy atom. The summed E-state index contributed by atoms with van der Waals surface area (Å²) in [5.74, 6) is 0.537. The summed E-state index contributed by atoms with van der Waals surface area (Å²) in [6, 6.07) is 15.8. The van der Waals surface area contributed by atoms with Gasteiger partial charge in [-0.1, -0.05) is 44.2 Å². The van der Waals surface area contributed by atoms with Gasteiger partial charge in [0.25, 0.3) is 0 Å². The van der Waals surface area contributed by atoms with Crippen molar-refractivity contribution in [1.82, 2.24) is 0 Å². The lowest BCUT2D eigenvalue weighted by molar-refractivity contribution is 0.171. The maximum absolute atomic E-state index is 5.32. The van der Waals surface area contributed by atoms with Crippen molar-refractivity contribution in [3.05, 3.63) is 53.6 Å². The van der Waals surface area contributed by atoms with Crippen molar-refractivity contribution in [2.24, 2.45) is 5.92 Å². The first kappa shape index (κ1) is 14.2. The standard InChI is InChI=1S/C19H23NO/c1-13(2)19(12-21-3)20-16-8-9-18-15(11-16)10-14-6-4-5-7-17(14)18/h4-9,11,13,19-20H,10,12H2,1-3H3. The molecule has 1 aliphatic carbocycles. The van der Waals surface area contributed by atoms with E-state index in [1.165, 1.54) is 27.9 Å². The average molecular weight is 281 g/mol. The molecule has 0 saturated heterocycles. The van der Waals surface area contributed by atoms with Gasteiger partial charge in [0.2, 0.25) is 0 Å². The Bertz CT molecular complexity index is 633. The molecule has 2 aromatic rings. The normalized spacial score (nSPS) is 13.9. The minimum atomic E-state index is 0.344. The van der Waals surface area contributed by atoms with Gasteiger partial charge in [0.1, 0.15) is 0 Å². The maximum atomic E-state index is 5.32. The van der Waals surface area contributed by atoms with E-state index in [1.54, 1.807) is 7.11 Å². The maximum Gasteiger partial charge on any atom is 0.0666 e. The van der Waals surface area contributed by atoms with E-state index >= 15 is 0 Å².